The third kappa shape index (κ3) is 3.02. The first kappa shape index (κ1) is 17.1. The van der Waals surface area contributed by atoms with Crippen LogP contribution in [0.25, 0.3) is 0 Å². The normalized spacial score (nSPS) is 22.1. The van der Waals surface area contributed by atoms with Crippen molar-refractivity contribution in [3.8, 4) is 6.07 Å². The highest BCUT2D eigenvalue weighted by molar-refractivity contribution is 6.00. The largest absolute Gasteiger partial charge is 0.444 e. The van der Waals surface area contributed by atoms with Crippen LogP contribution in [0.3, 0.4) is 0 Å². The number of aryl methyl sites for hydroxylation is 1. The number of hydrogen-bond acceptors (Lipinski definition) is 4. The Hall–Kier alpha value is -3.32. The van der Waals surface area contributed by atoms with Gasteiger partial charge in [0.05, 0.1) is 5.92 Å². The molecule has 2 N–H and O–H groups in total. The summed E-state index contributed by atoms with van der Waals surface area (Å²) in [5.74, 6) is 0.333. The van der Waals surface area contributed by atoms with Gasteiger partial charge in [-0.25, -0.2) is 0 Å². The van der Waals surface area contributed by atoms with Crippen LogP contribution >= 0.6 is 0 Å². The average Bonchev–Trinajstić information content (AvgIpc) is 2.67. The number of ketones is 1. The molecule has 0 amide bonds. The van der Waals surface area contributed by atoms with Gasteiger partial charge in [-0.05, 0) is 24.0 Å². The molecule has 0 bridgehead atoms. The molecule has 0 radical (unpaired) electrons. The maximum Gasteiger partial charge on any atom is 0.205 e. The zero-order valence-electron chi connectivity index (χ0n) is 15.1. The number of hydrogen-bond donors (Lipinski definition) is 1. The minimum Gasteiger partial charge on any atom is -0.444 e. The maximum atomic E-state index is 13.1. The Kier molecular flexibility index (Phi) is 4.29. The fourth-order valence-corrected chi connectivity index (χ4v) is 4.05. The van der Waals surface area contributed by atoms with E-state index in [2.05, 4.69) is 6.07 Å². The third-order valence-electron chi connectivity index (χ3n) is 5.31. The fraction of sp³-hybridized carbons (Fsp3) is 0.217. The van der Waals surface area contributed by atoms with Crippen molar-refractivity contribution in [2.75, 3.05) is 0 Å². The van der Waals surface area contributed by atoms with Crippen molar-refractivity contribution in [3.63, 3.8) is 0 Å². The third-order valence-corrected chi connectivity index (χ3v) is 5.31. The number of Topliss-reactive ketones (excluding diaryl/α,β-unsaturated/α-hetero) is 1. The summed E-state index contributed by atoms with van der Waals surface area (Å²) in [5.41, 5.74) is 10.1. The van der Waals surface area contributed by atoms with Crippen LogP contribution in [-0.2, 0) is 9.53 Å². The van der Waals surface area contributed by atoms with Gasteiger partial charge in [0.25, 0.3) is 0 Å². The number of carbonyl (C=O) groups is 1. The van der Waals surface area contributed by atoms with Crippen molar-refractivity contribution in [1.29, 1.82) is 5.26 Å². The van der Waals surface area contributed by atoms with Gasteiger partial charge >= 0.3 is 0 Å². The van der Waals surface area contributed by atoms with Gasteiger partial charge in [-0.1, -0.05) is 60.2 Å². The summed E-state index contributed by atoms with van der Waals surface area (Å²) in [6.07, 6.45) is 1.01. The number of carbonyl (C=O) groups excluding carboxylic acids is 1. The molecule has 1 aliphatic carbocycles. The molecule has 0 aromatic heterocycles. The van der Waals surface area contributed by atoms with Crippen LogP contribution in [-0.4, -0.2) is 5.78 Å². The zero-order valence-corrected chi connectivity index (χ0v) is 15.1. The van der Waals surface area contributed by atoms with Gasteiger partial charge in [-0.15, -0.1) is 0 Å². The molecule has 2 aliphatic rings. The molecule has 27 heavy (non-hydrogen) atoms. The Balaban J connectivity index is 1.80. The molecule has 0 saturated carbocycles. The monoisotopic (exact) mass is 356 g/mol. The standard InChI is InChI=1S/C23H20N2O2/c1-14-6-5-9-16(10-14)21-18(13-24)23(25)27-20-12-17(11-19(26)22(20)21)15-7-3-2-4-8-15/h2-10,17,21H,11-12,25H2,1H3/t17-,21+/m1/s1. The Morgan fingerprint density at radius 2 is 1.81 bits per heavy atom. The lowest BCUT2D eigenvalue weighted by atomic mass is 9.73. The minimum absolute atomic E-state index is 0.0249. The smallest absolute Gasteiger partial charge is 0.205 e. The van der Waals surface area contributed by atoms with Crippen LogP contribution in [0.5, 0.6) is 0 Å². The Morgan fingerprint density at radius 3 is 2.52 bits per heavy atom. The molecule has 4 nitrogen and oxygen atoms in total. The number of benzene rings is 2. The SMILES string of the molecule is Cc1cccc([C@H]2C(C#N)=C(N)OC3=C2C(=O)C[C@@H](c2ccccc2)C3)c1. The van der Waals surface area contributed by atoms with Crippen molar-refractivity contribution in [3.05, 3.63) is 94.1 Å². The number of nitrogens with two attached hydrogens (primary N) is 1. The predicted molar refractivity (Wildman–Crippen MR) is 102 cm³/mol. The predicted octanol–water partition coefficient (Wildman–Crippen LogP) is 4.20. The Labute approximate surface area is 158 Å². The Bertz CT molecular complexity index is 1010. The molecule has 2 aromatic carbocycles. The average molecular weight is 356 g/mol. The van der Waals surface area contributed by atoms with Crippen LogP contribution in [0.1, 0.15) is 41.4 Å². The van der Waals surface area contributed by atoms with Gasteiger partial charge in [0, 0.05) is 18.4 Å². The van der Waals surface area contributed by atoms with E-state index < -0.39 is 5.92 Å². The van der Waals surface area contributed by atoms with Gasteiger partial charge in [-0.3, -0.25) is 4.79 Å². The second-order valence-electron chi connectivity index (χ2n) is 7.11. The van der Waals surface area contributed by atoms with Crippen LogP contribution < -0.4 is 5.73 Å². The van der Waals surface area contributed by atoms with E-state index in [1.807, 2.05) is 61.5 Å². The van der Waals surface area contributed by atoms with Gasteiger partial charge < -0.3 is 10.5 Å². The highest BCUT2D eigenvalue weighted by Crippen LogP contribution is 2.46. The van der Waals surface area contributed by atoms with E-state index >= 15 is 0 Å². The summed E-state index contributed by atoms with van der Waals surface area (Å²) < 4.78 is 5.79. The van der Waals surface area contributed by atoms with Crippen molar-refractivity contribution in [2.24, 2.45) is 5.73 Å². The van der Waals surface area contributed by atoms with Crippen molar-refractivity contribution < 1.29 is 9.53 Å². The lowest BCUT2D eigenvalue weighted by molar-refractivity contribution is -0.117. The molecule has 0 saturated heterocycles. The zero-order chi connectivity index (χ0) is 19.0. The number of rotatable bonds is 2. The molecule has 1 aliphatic heterocycles. The summed E-state index contributed by atoms with van der Waals surface area (Å²) in [7, 11) is 0. The summed E-state index contributed by atoms with van der Waals surface area (Å²) in [6, 6.07) is 20.0. The lowest BCUT2D eigenvalue weighted by Crippen LogP contribution is -2.29. The molecular formula is C23H20N2O2. The molecular weight excluding hydrogens is 336 g/mol. The quantitative estimate of drug-likeness (QED) is 0.875. The summed E-state index contributed by atoms with van der Waals surface area (Å²) in [6.45, 7) is 1.99. The van der Waals surface area contributed by atoms with E-state index in [9.17, 15) is 10.1 Å². The van der Waals surface area contributed by atoms with Crippen molar-refractivity contribution in [1.82, 2.24) is 0 Å². The van der Waals surface area contributed by atoms with Gasteiger partial charge in [0.1, 0.15) is 17.4 Å². The molecule has 0 spiro atoms. The van der Waals surface area contributed by atoms with E-state index in [1.54, 1.807) is 0 Å². The van der Waals surface area contributed by atoms with Crippen LogP contribution in [0.2, 0.25) is 0 Å². The lowest BCUT2D eigenvalue weighted by Gasteiger charge is -2.34. The Morgan fingerprint density at radius 1 is 1.07 bits per heavy atom. The summed E-state index contributed by atoms with van der Waals surface area (Å²) in [5, 5.41) is 9.67. The van der Waals surface area contributed by atoms with E-state index in [1.165, 1.54) is 0 Å². The van der Waals surface area contributed by atoms with E-state index in [-0.39, 0.29) is 17.6 Å². The second kappa shape index (κ2) is 6.77. The first-order valence-corrected chi connectivity index (χ1v) is 9.04. The van der Waals surface area contributed by atoms with Crippen LogP contribution in [0.4, 0.5) is 0 Å². The molecule has 1 heterocycles. The van der Waals surface area contributed by atoms with E-state index in [0.29, 0.717) is 29.7 Å². The minimum atomic E-state index is -0.456. The van der Waals surface area contributed by atoms with Crippen molar-refractivity contribution >= 4 is 5.78 Å². The summed E-state index contributed by atoms with van der Waals surface area (Å²) >= 11 is 0. The van der Waals surface area contributed by atoms with Crippen molar-refractivity contribution in [2.45, 2.75) is 31.6 Å². The molecule has 4 rings (SSSR count). The highest BCUT2D eigenvalue weighted by atomic mass is 16.5. The molecule has 4 heteroatoms. The van der Waals surface area contributed by atoms with Gasteiger partial charge in [0.2, 0.25) is 5.88 Å². The van der Waals surface area contributed by atoms with Gasteiger partial charge in [0.15, 0.2) is 5.78 Å². The maximum absolute atomic E-state index is 13.1. The van der Waals surface area contributed by atoms with Crippen LogP contribution in [0, 0.1) is 18.3 Å². The topological polar surface area (TPSA) is 76.1 Å². The fourth-order valence-electron chi connectivity index (χ4n) is 4.05. The number of allylic oxidation sites excluding steroid dienone is 3. The van der Waals surface area contributed by atoms with E-state index in [4.69, 9.17) is 10.5 Å². The number of nitriles is 1. The highest BCUT2D eigenvalue weighted by Gasteiger charge is 2.40. The van der Waals surface area contributed by atoms with E-state index in [0.717, 1.165) is 16.7 Å². The first-order valence-electron chi connectivity index (χ1n) is 9.04. The second-order valence-corrected chi connectivity index (χ2v) is 7.11. The molecule has 0 unspecified atom stereocenters. The van der Waals surface area contributed by atoms with Gasteiger partial charge in [-0.2, -0.15) is 5.26 Å². The molecule has 2 atom stereocenters. The summed E-state index contributed by atoms with van der Waals surface area (Å²) in [4.78, 5) is 13.1. The molecule has 134 valence electrons. The number of ether oxygens (including phenoxy) is 1. The number of nitrogens with zero attached hydrogens (tertiary/aromatic N) is 1. The first-order chi connectivity index (χ1) is 13.1. The van der Waals surface area contributed by atoms with Crippen LogP contribution in [0.15, 0.2) is 77.4 Å². The molecule has 2 aromatic rings. The molecule has 0 fully saturated rings.